The molecule has 14 heavy (non-hydrogen) atoms. The Morgan fingerprint density at radius 2 is 2.29 bits per heavy atom. The Morgan fingerprint density at radius 1 is 1.29 bits per heavy atom. The van der Waals surface area contributed by atoms with Gasteiger partial charge in [-0.15, -0.1) is 0 Å². The van der Waals surface area contributed by atoms with Crippen molar-refractivity contribution in [3.63, 3.8) is 0 Å². The second-order valence-electron chi connectivity index (χ2n) is 4.07. The Balaban J connectivity index is 1.87. The Morgan fingerprint density at radius 3 is 3.07 bits per heavy atom. The summed E-state index contributed by atoms with van der Waals surface area (Å²) in [6, 6.07) is 0. The topological polar surface area (TPSA) is 30.7 Å². The van der Waals surface area contributed by atoms with Crippen LogP contribution in [0.15, 0.2) is 0 Å². The number of aromatic nitrogens is 3. The van der Waals surface area contributed by atoms with Crippen LogP contribution in [0.2, 0.25) is 0 Å². The normalized spacial score (nSPS) is 26.4. The summed E-state index contributed by atoms with van der Waals surface area (Å²) in [5.74, 6) is 3.61. The number of hydrogen-bond donors (Lipinski definition) is 0. The summed E-state index contributed by atoms with van der Waals surface area (Å²) < 4.78 is 2.12. The lowest BCUT2D eigenvalue weighted by molar-refractivity contribution is 0.478. The van der Waals surface area contributed by atoms with E-state index in [0.29, 0.717) is 5.25 Å². The first kappa shape index (κ1) is 8.77. The van der Waals surface area contributed by atoms with Gasteiger partial charge in [-0.2, -0.15) is 16.9 Å². The molecule has 1 aromatic heterocycles. The minimum absolute atomic E-state index is 0.591. The van der Waals surface area contributed by atoms with Crippen molar-refractivity contribution >= 4 is 11.8 Å². The van der Waals surface area contributed by atoms with Gasteiger partial charge < -0.3 is 0 Å². The molecule has 2 aliphatic rings. The molecule has 4 heteroatoms. The molecule has 1 saturated heterocycles. The standard InChI is InChI=1S/C10H15N3S/c1-2-6-13-9(5-1)11-10(12-13)8-4-3-7-14-8/h8H,1-7H2. The first-order chi connectivity index (χ1) is 6.93. The van der Waals surface area contributed by atoms with E-state index in [1.165, 1.54) is 37.3 Å². The molecule has 0 aliphatic carbocycles. The number of thioether (sulfide) groups is 1. The van der Waals surface area contributed by atoms with E-state index < -0.39 is 0 Å². The van der Waals surface area contributed by atoms with Crippen LogP contribution in [0.4, 0.5) is 0 Å². The van der Waals surface area contributed by atoms with Gasteiger partial charge in [-0.1, -0.05) is 0 Å². The lowest BCUT2D eigenvalue weighted by atomic mass is 10.2. The van der Waals surface area contributed by atoms with E-state index in [4.69, 9.17) is 0 Å². The third-order valence-corrected chi connectivity index (χ3v) is 4.38. The molecule has 3 rings (SSSR count). The first-order valence-corrected chi connectivity index (χ1v) is 6.53. The van der Waals surface area contributed by atoms with E-state index in [2.05, 4.69) is 14.8 Å². The number of aryl methyl sites for hydroxylation is 2. The largest absolute Gasteiger partial charge is 0.250 e. The van der Waals surface area contributed by atoms with Crippen molar-refractivity contribution in [3.8, 4) is 0 Å². The van der Waals surface area contributed by atoms with Gasteiger partial charge in [-0.3, -0.25) is 0 Å². The van der Waals surface area contributed by atoms with Crippen LogP contribution in [-0.4, -0.2) is 20.5 Å². The Labute approximate surface area is 88.3 Å². The van der Waals surface area contributed by atoms with E-state index in [1.807, 2.05) is 11.8 Å². The van der Waals surface area contributed by atoms with Crippen molar-refractivity contribution in [2.24, 2.45) is 0 Å². The maximum absolute atomic E-state index is 4.66. The van der Waals surface area contributed by atoms with Crippen LogP contribution in [0.25, 0.3) is 0 Å². The van der Waals surface area contributed by atoms with Gasteiger partial charge >= 0.3 is 0 Å². The summed E-state index contributed by atoms with van der Waals surface area (Å²) in [4.78, 5) is 4.66. The SMILES string of the molecule is C1CCn2nc(C3CCCS3)nc2C1. The van der Waals surface area contributed by atoms with Crippen molar-refractivity contribution in [1.82, 2.24) is 14.8 Å². The summed E-state index contributed by atoms with van der Waals surface area (Å²) in [6.07, 6.45) is 6.29. The van der Waals surface area contributed by atoms with E-state index in [-0.39, 0.29) is 0 Å². The molecule has 1 unspecified atom stereocenters. The molecule has 0 saturated carbocycles. The van der Waals surface area contributed by atoms with Crippen molar-refractivity contribution in [2.75, 3.05) is 5.75 Å². The highest BCUT2D eigenvalue weighted by Crippen LogP contribution is 2.38. The highest BCUT2D eigenvalue weighted by Gasteiger charge is 2.24. The van der Waals surface area contributed by atoms with Gasteiger partial charge in [0.2, 0.25) is 0 Å². The molecule has 1 atom stereocenters. The lowest BCUT2D eigenvalue weighted by Gasteiger charge is -2.10. The number of rotatable bonds is 1. The molecular formula is C10H15N3S. The molecule has 0 spiro atoms. The average Bonchev–Trinajstić information content (AvgIpc) is 2.86. The minimum atomic E-state index is 0.591. The zero-order valence-corrected chi connectivity index (χ0v) is 9.09. The molecule has 76 valence electrons. The highest BCUT2D eigenvalue weighted by atomic mass is 32.2. The number of nitrogens with zero attached hydrogens (tertiary/aromatic N) is 3. The summed E-state index contributed by atoms with van der Waals surface area (Å²) in [7, 11) is 0. The predicted molar refractivity (Wildman–Crippen MR) is 57.4 cm³/mol. The van der Waals surface area contributed by atoms with Crippen molar-refractivity contribution < 1.29 is 0 Å². The Bertz CT molecular complexity index is 305. The molecule has 1 fully saturated rings. The molecule has 1 aromatic rings. The van der Waals surface area contributed by atoms with E-state index in [1.54, 1.807) is 0 Å². The average molecular weight is 209 g/mol. The van der Waals surface area contributed by atoms with Crippen LogP contribution >= 0.6 is 11.8 Å². The summed E-state index contributed by atoms with van der Waals surface area (Å²) in [6.45, 7) is 1.08. The zero-order valence-electron chi connectivity index (χ0n) is 8.28. The monoisotopic (exact) mass is 209 g/mol. The van der Waals surface area contributed by atoms with Crippen LogP contribution in [-0.2, 0) is 13.0 Å². The quantitative estimate of drug-likeness (QED) is 0.710. The van der Waals surface area contributed by atoms with Gasteiger partial charge in [0, 0.05) is 13.0 Å². The van der Waals surface area contributed by atoms with Gasteiger partial charge in [-0.05, 0) is 31.4 Å². The molecule has 0 aromatic carbocycles. The van der Waals surface area contributed by atoms with Crippen molar-refractivity contribution in [2.45, 2.75) is 43.9 Å². The first-order valence-electron chi connectivity index (χ1n) is 5.49. The summed E-state index contributed by atoms with van der Waals surface area (Å²) >= 11 is 2.02. The lowest BCUT2D eigenvalue weighted by Crippen LogP contribution is -2.11. The minimum Gasteiger partial charge on any atom is -0.250 e. The van der Waals surface area contributed by atoms with Crippen LogP contribution in [0.5, 0.6) is 0 Å². The molecule has 3 heterocycles. The van der Waals surface area contributed by atoms with Crippen LogP contribution in [0.1, 0.15) is 42.6 Å². The fourth-order valence-corrected chi connectivity index (χ4v) is 3.42. The maximum Gasteiger partial charge on any atom is 0.163 e. The molecule has 3 nitrogen and oxygen atoms in total. The molecule has 0 amide bonds. The van der Waals surface area contributed by atoms with Crippen LogP contribution in [0.3, 0.4) is 0 Å². The van der Waals surface area contributed by atoms with E-state index >= 15 is 0 Å². The van der Waals surface area contributed by atoms with Crippen LogP contribution in [0, 0.1) is 0 Å². The molecular weight excluding hydrogens is 194 g/mol. The number of hydrogen-bond acceptors (Lipinski definition) is 3. The second-order valence-corrected chi connectivity index (χ2v) is 5.38. The van der Waals surface area contributed by atoms with Gasteiger partial charge in [0.05, 0.1) is 5.25 Å². The Kier molecular flexibility index (Phi) is 2.24. The second kappa shape index (κ2) is 3.57. The third-order valence-electron chi connectivity index (χ3n) is 3.00. The smallest absolute Gasteiger partial charge is 0.163 e. The molecule has 0 bridgehead atoms. The van der Waals surface area contributed by atoms with Gasteiger partial charge in [0.15, 0.2) is 5.82 Å². The Hall–Kier alpha value is -0.510. The van der Waals surface area contributed by atoms with Gasteiger partial charge in [0.25, 0.3) is 0 Å². The van der Waals surface area contributed by atoms with Crippen molar-refractivity contribution in [1.29, 1.82) is 0 Å². The van der Waals surface area contributed by atoms with E-state index in [9.17, 15) is 0 Å². The van der Waals surface area contributed by atoms with Gasteiger partial charge in [0.1, 0.15) is 5.82 Å². The maximum atomic E-state index is 4.66. The van der Waals surface area contributed by atoms with Gasteiger partial charge in [-0.25, -0.2) is 9.67 Å². The van der Waals surface area contributed by atoms with Crippen LogP contribution < -0.4 is 0 Å². The third kappa shape index (κ3) is 1.45. The highest BCUT2D eigenvalue weighted by molar-refractivity contribution is 7.99. The van der Waals surface area contributed by atoms with Crippen molar-refractivity contribution in [3.05, 3.63) is 11.6 Å². The molecule has 2 aliphatic heterocycles. The fraction of sp³-hybridized carbons (Fsp3) is 0.800. The summed E-state index contributed by atoms with van der Waals surface area (Å²) in [5, 5.41) is 5.21. The zero-order chi connectivity index (χ0) is 9.38. The van der Waals surface area contributed by atoms with E-state index in [0.717, 1.165) is 18.8 Å². The number of fused-ring (bicyclic) bond motifs is 1. The predicted octanol–water partition coefficient (Wildman–Crippen LogP) is 2.18. The molecule has 0 radical (unpaired) electrons. The summed E-state index contributed by atoms with van der Waals surface area (Å²) in [5.41, 5.74) is 0. The molecule has 0 N–H and O–H groups in total. The fourth-order valence-electron chi connectivity index (χ4n) is 2.22.